The van der Waals surface area contributed by atoms with Crippen molar-refractivity contribution < 1.29 is 9.84 Å². The lowest BCUT2D eigenvalue weighted by molar-refractivity contribution is 0.0975. The third kappa shape index (κ3) is 15.7. The Labute approximate surface area is 198 Å². The number of unbranched alkanes of at least 4 members (excludes halogenated alkanes) is 9. The fourth-order valence-corrected chi connectivity index (χ4v) is 3.57. The lowest BCUT2D eigenvalue weighted by atomic mass is 10.0. The molecule has 0 saturated carbocycles. The highest BCUT2D eigenvalue weighted by Gasteiger charge is 2.05. The molecule has 3 heteroatoms. The van der Waals surface area contributed by atoms with Crippen molar-refractivity contribution in [3.63, 3.8) is 0 Å². The molecule has 0 aliphatic carbocycles. The van der Waals surface area contributed by atoms with Gasteiger partial charge in [-0.2, -0.15) is 0 Å². The smallest absolute Gasteiger partial charge is 0.119 e. The molecule has 0 amide bonds. The molecule has 0 aromatic heterocycles. The van der Waals surface area contributed by atoms with Crippen molar-refractivity contribution in [2.24, 2.45) is 0 Å². The number of hydrogen-bond acceptors (Lipinski definition) is 2. The van der Waals surface area contributed by atoms with Crippen LogP contribution in [0.4, 0.5) is 0 Å². The van der Waals surface area contributed by atoms with Crippen LogP contribution < -0.4 is 4.74 Å². The summed E-state index contributed by atoms with van der Waals surface area (Å²) in [6.07, 6.45) is 13.8. The highest BCUT2D eigenvalue weighted by atomic mass is 127. The number of benzene rings is 2. The molecule has 0 fully saturated rings. The second-order valence-electron chi connectivity index (χ2n) is 8.04. The van der Waals surface area contributed by atoms with Crippen LogP contribution in [0.1, 0.15) is 83.1 Å². The van der Waals surface area contributed by atoms with Crippen molar-refractivity contribution in [2.75, 3.05) is 6.61 Å². The molecular weight excluding hydrogens is 483 g/mol. The molecular formula is C27H41IO2. The monoisotopic (exact) mass is 524 g/mol. The van der Waals surface area contributed by atoms with Crippen LogP contribution in [0.5, 0.6) is 5.75 Å². The van der Waals surface area contributed by atoms with Gasteiger partial charge in [-0.25, -0.2) is 0 Å². The van der Waals surface area contributed by atoms with Gasteiger partial charge in [-0.05, 0) is 60.2 Å². The highest BCUT2D eigenvalue weighted by Crippen LogP contribution is 2.15. The Morgan fingerprint density at radius 1 is 0.767 bits per heavy atom. The van der Waals surface area contributed by atoms with Crippen molar-refractivity contribution in [3.05, 3.63) is 63.7 Å². The first-order valence-corrected chi connectivity index (χ1v) is 12.8. The van der Waals surface area contributed by atoms with E-state index in [1.54, 1.807) is 0 Å². The normalized spacial score (nSPS) is 11.5. The minimum absolute atomic E-state index is 0.344. The number of rotatable bonds is 14. The average Bonchev–Trinajstić information content (AvgIpc) is 2.76. The van der Waals surface area contributed by atoms with Crippen LogP contribution >= 0.6 is 22.6 Å². The van der Waals surface area contributed by atoms with Gasteiger partial charge in [0.15, 0.2) is 0 Å². The van der Waals surface area contributed by atoms with Gasteiger partial charge in [0, 0.05) is 3.57 Å². The molecule has 168 valence electrons. The minimum atomic E-state index is -0.344. The topological polar surface area (TPSA) is 29.5 Å². The van der Waals surface area contributed by atoms with Crippen LogP contribution in [-0.4, -0.2) is 17.8 Å². The maximum absolute atomic E-state index is 9.96. The van der Waals surface area contributed by atoms with E-state index in [4.69, 9.17) is 4.74 Å². The molecule has 2 aromatic rings. The SMILES string of the molecule is CCCCCCCCCCCCC(O)COc1ccc(I)cc1.Cc1ccccc1. The summed E-state index contributed by atoms with van der Waals surface area (Å²) in [5.41, 5.74) is 1.32. The van der Waals surface area contributed by atoms with E-state index in [1.165, 1.54) is 66.9 Å². The van der Waals surface area contributed by atoms with Crippen LogP contribution in [0.15, 0.2) is 54.6 Å². The van der Waals surface area contributed by atoms with Crippen molar-refractivity contribution in [3.8, 4) is 5.75 Å². The van der Waals surface area contributed by atoms with E-state index < -0.39 is 0 Å². The minimum Gasteiger partial charge on any atom is -0.491 e. The number of halogens is 1. The first-order chi connectivity index (χ1) is 14.6. The van der Waals surface area contributed by atoms with Gasteiger partial charge in [0.2, 0.25) is 0 Å². The van der Waals surface area contributed by atoms with Gasteiger partial charge in [-0.1, -0.05) is 107 Å². The molecule has 2 aromatic carbocycles. The molecule has 2 rings (SSSR count). The summed E-state index contributed by atoms with van der Waals surface area (Å²) in [5, 5.41) is 9.96. The van der Waals surface area contributed by atoms with Gasteiger partial charge < -0.3 is 9.84 Å². The van der Waals surface area contributed by atoms with E-state index in [2.05, 4.69) is 48.6 Å². The predicted molar refractivity (Wildman–Crippen MR) is 138 cm³/mol. The fraction of sp³-hybridized carbons (Fsp3) is 0.556. The van der Waals surface area contributed by atoms with E-state index in [9.17, 15) is 5.11 Å². The highest BCUT2D eigenvalue weighted by molar-refractivity contribution is 14.1. The zero-order valence-electron chi connectivity index (χ0n) is 19.0. The van der Waals surface area contributed by atoms with Gasteiger partial charge >= 0.3 is 0 Å². The lowest BCUT2D eigenvalue weighted by Gasteiger charge is -2.12. The molecule has 0 heterocycles. The first-order valence-electron chi connectivity index (χ1n) is 11.7. The summed E-state index contributed by atoms with van der Waals surface area (Å²) in [6, 6.07) is 18.2. The third-order valence-electron chi connectivity index (χ3n) is 5.09. The average molecular weight is 525 g/mol. The van der Waals surface area contributed by atoms with Gasteiger partial charge in [0.1, 0.15) is 12.4 Å². The lowest BCUT2D eigenvalue weighted by Crippen LogP contribution is -2.17. The van der Waals surface area contributed by atoms with E-state index in [0.717, 1.165) is 18.6 Å². The van der Waals surface area contributed by atoms with Crippen LogP contribution in [0.25, 0.3) is 0 Å². The molecule has 0 aliphatic rings. The Balaban J connectivity index is 0.000000539. The Morgan fingerprint density at radius 3 is 1.80 bits per heavy atom. The fourth-order valence-electron chi connectivity index (χ4n) is 3.21. The summed E-state index contributed by atoms with van der Waals surface area (Å²) in [6.45, 7) is 4.75. The zero-order chi connectivity index (χ0) is 21.9. The maximum atomic E-state index is 9.96. The predicted octanol–water partition coefficient (Wildman–Crippen LogP) is 8.34. The molecule has 30 heavy (non-hydrogen) atoms. The summed E-state index contributed by atoms with van der Waals surface area (Å²) in [5.74, 6) is 0.840. The first kappa shape index (κ1) is 27.0. The number of aryl methyl sites for hydroxylation is 1. The quantitative estimate of drug-likeness (QED) is 0.199. The number of aliphatic hydroxyl groups excluding tert-OH is 1. The number of hydrogen-bond donors (Lipinski definition) is 1. The molecule has 1 unspecified atom stereocenters. The van der Waals surface area contributed by atoms with Crippen molar-refractivity contribution in [2.45, 2.75) is 90.6 Å². The zero-order valence-corrected chi connectivity index (χ0v) is 21.1. The second-order valence-corrected chi connectivity index (χ2v) is 9.29. The van der Waals surface area contributed by atoms with Crippen molar-refractivity contribution >= 4 is 22.6 Å². The molecule has 0 spiro atoms. The van der Waals surface area contributed by atoms with Crippen LogP contribution in [0.2, 0.25) is 0 Å². The molecule has 0 bridgehead atoms. The number of ether oxygens (including phenoxy) is 1. The molecule has 1 N–H and O–H groups in total. The summed E-state index contributed by atoms with van der Waals surface area (Å²) in [4.78, 5) is 0. The van der Waals surface area contributed by atoms with Crippen molar-refractivity contribution in [1.29, 1.82) is 0 Å². The summed E-state index contributed by atoms with van der Waals surface area (Å²) in [7, 11) is 0. The van der Waals surface area contributed by atoms with Crippen LogP contribution in [-0.2, 0) is 0 Å². The van der Waals surface area contributed by atoms with E-state index in [0.29, 0.717) is 6.61 Å². The molecule has 0 radical (unpaired) electrons. The molecule has 1 atom stereocenters. The number of aliphatic hydroxyl groups is 1. The van der Waals surface area contributed by atoms with Gasteiger partial charge in [-0.15, -0.1) is 0 Å². The van der Waals surface area contributed by atoms with E-state index >= 15 is 0 Å². The standard InChI is InChI=1S/C20H33IO2.C7H8/c1-2-3-4-5-6-7-8-9-10-11-12-19(22)17-23-20-15-13-18(21)14-16-20;1-7-5-3-2-4-6-7/h13-16,19,22H,2-12,17H2,1H3;2-6H,1H3. The molecule has 2 nitrogen and oxygen atoms in total. The Bertz CT molecular complexity index is 613. The van der Waals surface area contributed by atoms with Gasteiger partial charge in [0.05, 0.1) is 6.10 Å². The third-order valence-corrected chi connectivity index (χ3v) is 5.81. The molecule has 0 aliphatic heterocycles. The van der Waals surface area contributed by atoms with Crippen LogP contribution in [0.3, 0.4) is 0 Å². The maximum Gasteiger partial charge on any atom is 0.119 e. The Hall–Kier alpha value is -1.07. The largest absolute Gasteiger partial charge is 0.491 e. The van der Waals surface area contributed by atoms with Gasteiger partial charge in [-0.3, -0.25) is 0 Å². The van der Waals surface area contributed by atoms with Crippen LogP contribution in [0, 0.1) is 10.5 Å². The summed E-state index contributed by atoms with van der Waals surface area (Å²) >= 11 is 2.27. The Morgan fingerprint density at radius 2 is 1.30 bits per heavy atom. The van der Waals surface area contributed by atoms with Gasteiger partial charge in [0.25, 0.3) is 0 Å². The van der Waals surface area contributed by atoms with E-state index in [1.807, 2.05) is 42.5 Å². The summed E-state index contributed by atoms with van der Waals surface area (Å²) < 4.78 is 6.81. The Kier molecular flexibility index (Phi) is 16.8. The second kappa shape index (κ2) is 18.7. The van der Waals surface area contributed by atoms with Crippen molar-refractivity contribution in [1.82, 2.24) is 0 Å². The van der Waals surface area contributed by atoms with E-state index in [-0.39, 0.29) is 6.10 Å². The molecule has 0 saturated heterocycles.